The van der Waals surface area contributed by atoms with Crippen LogP contribution in [0.3, 0.4) is 0 Å². The average Bonchev–Trinajstić information content (AvgIpc) is 2.65. The van der Waals surface area contributed by atoms with Crippen LogP contribution in [0.25, 0.3) is 0 Å². The number of aliphatic hydroxyl groups is 1. The Kier molecular flexibility index (Phi) is 5.46. The fourth-order valence-electron chi connectivity index (χ4n) is 1.62. The summed E-state index contributed by atoms with van der Waals surface area (Å²) in [5.74, 6) is 0. The second-order valence-corrected chi connectivity index (χ2v) is 6.22. The van der Waals surface area contributed by atoms with Gasteiger partial charge in [-0.3, -0.25) is 0 Å². The molecule has 1 aromatic rings. The van der Waals surface area contributed by atoms with Crippen LogP contribution in [0.4, 0.5) is 0 Å². The number of hydrogen-bond acceptors (Lipinski definition) is 3. The van der Waals surface area contributed by atoms with Crippen LogP contribution >= 0.6 is 11.3 Å². The summed E-state index contributed by atoms with van der Waals surface area (Å²) in [7, 11) is 0. The van der Waals surface area contributed by atoms with Crippen molar-refractivity contribution < 1.29 is 5.11 Å². The summed E-state index contributed by atoms with van der Waals surface area (Å²) in [6.07, 6.45) is 1.98. The largest absolute Gasteiger partial charge is 0.396 e. The first-order valence-electron chi connectivity index (χ1n) is 5.96. The summed E-state index contributed by atoms with van der Waals surface area (Å²) >= 11 is 1.88. The van der Waals surface area contributed by atoms with Crippen LogP contribution < -0.4 is 5.32 Å². The normalized spacial score (nSPS) is 12.0. The zero-order valence-electron chi connectivity index (χ0n) is 10.5. The summed E-state index contributed by atoms with van der Waals surface area (Å²) < 4.78 is 0. The van der Waals surface area contributed by atoms with Gasteiger partial charge in [0.05, 0.1) is 0 Å². The second-order valence-electron chi connectivity index (χ2n) is 4.96. The van der Waals surface area contributed by atoms with Crippen LogP contribution in [-0.2, 0) is 13.0 Å². The molecule has 0 unspecified atom stereocenters. The van der Waals surface area contributed by atoms with Crippen LogP contribution in [0.2, 0.25) is 0 Å². The summed E-state index contributed by atoms with van der Waals surface area (Å²) in [6.45, 7) is 8.72. The topological polar surface area (TPSA) is 32.3 Å². The highest BCUT2D eigenvalue weighted by atomic mass is 32.1. The Morgan fingerprint density at radius 1 is 1.31 bits per heavy atom. The number of hydrogen-bond donors (Lipinski definition) is 2. The van der Waals surface area contributed by atoms with Crippen molar-refractivity contribution >= 4 is 11.3 Å². The molecule has 0 fully saturated rings. The lowest BCUT2D eigenvalue weighted by Gasteiger charge is -2.23. The second kappa shape index (κ2) is 6.38. The van der Waals surface area contributed by atoms with Gasteiger partial charge in [0.2, 0.25) is 0 Å². The van der Waals surface area contributed by atoms with Crippen molar-refractivity contribution in [2.24, 2.45) is 5.41 Å². The molecule has 1 aromatic heterocycles. The van der Waals surface area contributed by atoms with Crippen LogP contribution in [-0.4, -0.2) is 18.3 Å². The molecule has 0 amide bonds. The van der Waals surface area contributed by atoms with Crippen LogP contribution in [0.1, 0.15) is 36.9 Å². The van der Waals surface area contributed by atoms with Gasteiger partial charge in [-0.1, -0.05) is 20.8 Å². The minimum atomic E-state index is 0.180. The van der Waals surface area contributed by atoms with Crippen molar-refractivity contribution in [3.8, 4) is 0 Å². The smallest absolute Gasteiger partial charge is 0.0436 e. The van der Waals surface area contributed by atoms with Gasteiger partial charge in [0, 0.05) is 29.5 Å². The Balaban J connectivity index is 2.29. The summed E-state index contributed by atoms with van der Waals surface area (Å²) in [5.41, 5.74) is 0.180. The van der Waals surface area contributed by atoms with E-state index in [2.05, 4.69) is 38.2 Å². The maximum absolute atomic E-state index is 8.93. The van der Waals surface area contributed by atoms with Crippen LogP contribution in [0.5, 0.6) is 0 Å². The molecule has 0 aliphatic carbocycles. The van der Waals surface area contributed by atoms with Gasteiger partial charge in [0.15, 0.2) is 0 Å². The maximum atomic E-state index is 8.93. The molecule has 1 heterocycles. The molecule has 92 valence electrons. The van der Waals surface area contributed by atoms with Gasteiger partial charge < -0.3 is 10.4 Å². The van der Waals surface area contributed by atoms with Crippen molar-refractivity contribution in [3.05, 3.63) is 21.9 Å². The third kappa shape index (κ3) is 4.64. The Morgan fingerprint density at radius 2 is 2.00 bits per heavy atom. The number of thiophene rings is 1. The van der Waals surface area contributed by atoms with E-state index in [4.69, 9.17) is 5.11 Å². The predicted octanol–water partition coefficient (Wildman–Crippen LogP) is 2.81. The fraction of sp³-hybridized carbons (Fsp3) is 0.692. The number of rotatable bonds is 7. The molecular formula is C13H23NOS. The van der Waals surface area contributed by atoms with Gasteiger partial charge in [0.25, 0.3) is 0 Å². The van der Waals surface area contributed by atoms with E-state index in [-0.39, 0.29) is 12.0 Å². The molecule has 0 aromatic carbocycles. The minimum Gasteiger partial charge on any atom is -0.396 e. The molecule has 2 N–H and O–H groups in total. The van der Waals surface area contributed by atoms with Crippen LogP contribution in [0.15, 0.2) is 12.1 Å². The molecule has 0 aliphatic heterocycles. The highest BCUT2D eigenvalue weighted by Crippen LogP contribution is 2.20. The Morgan fingerprint density at radius 3 is 2.56 bits per heavy atom. The van der Waals surface area contributed by atoms with Gasteiger partial charge in [0.1, 0.15) is 0 Å². The van der Waals surface area contributed by atoms with E-state index < -0.39 is 0 Å². The van der Waals surface area contributed by atoms with Gasteiger partial charge in [-0.05, 0) is 30.4 Å². The van der Waals surface area contributed by atoms with Crippen LogP contribution in [0, 0.1) is 5.41 Å². The lowest BCUT2D eigenvalue weighted by atomic mass is 9.90. The van der Waals surface area contributed by atoms with Crippen molar-refractivity contribution in [3.63, 3.8) is 0 Å². The lowest BCUT2D eigenvalue weighted by Crippen LogP contribution is -2.29. The standard InChI is InChI=1S/C13H23NOS/c1-4-11-5-6-12(16-11)9-14-10-13(2,3)7-8-15/h5-6,14-15H,4,7-10H2,1-3H3. The molecule has 0 saturated heterocycles. The van der Waals surface area contributed by atoms with E-state index in [0.29, 0.717) is 0 Å². The first-order chi connectivity index (χ1) is 7.57. The van der Waals surface area contributed by atoms with Gasteiger partial charge in [-0.15, -0.1) is 11.3 Å². The number of aryl methyl sites for hydroxylation is 1. The summed E-state index contributed by atoms with van der Waals surface area (Å²) in [5, 5.41) is 12.4. The summed E-state index contributed by atoms with van der Waals surface area (Å²) in [4.78, 5) is 2.85. The highest BCUT2D eigenvalue weighted by Gasteiger charge is 2.16. The number of aliphatic hydroxyl groups excluding tert-OH is 1. The maximum Gasteiger partial charge on any atom is 0.0436 e. The van der Waals surface area contributed by atoms with E-state index in [1.165, 1.54) is 9.75 Å². The van der Waals surface area contributed by atoms with E-state index >= 15 is 0 Å². The molecule has 16 heavy (non-hydrogen) atoms. The Bertz CT molecular complexity index is 307. The summed E-state index contributed by atoms with van der Waals surface area (Å²) in [6, 6.07) is 4.41. The molecule has 0 aliphatic rings. The molecule has 2 nitrogen and oxygen atoms in total. The van der Waals surface area contributed by atoms with E-state index in [1.54, 1.807) is 0 Å². The van der Waals surface area contributed by atoms with E-state index in [0.717, 1.165) is 25.9 Å². The van der Waals surface area contributed by atoms with Gasteiger partial charge in [-0.25, -0.2) is 0 Å². The molecule has 0 spiro atoms. The van der Waals surface area contributed by atoms with Crippen molar-refractivity contribution in [1.29, 1.82) is 0 Å². The SMILES string of the molecule is CCc1ccc(CNCC(C)(C)CCO)s1. The molecular weight excluding hydrogens is 218 g/mol. The lowest BCUT2D eigenvalue weighted by molar-refractivity contribution is 0.207. The Hall–Kier alpha value is -0.380. The van der Waals surface area contributed by atoms with E-state index in [1.807, 2.05) is 11.3 Å². The minimum absolute atomic E-state index is 0.180. The average molecular weight is 241 g/mol. The van der Waals surface area contributed by atoms with Crippen molar-refractivity contribution in [2.75, 3.05) is 13.2 Å². The van der Waals surface area contributed by atoms with Crippen molar-refractivity contribution in [1.82, 2.24) is 5.32 Å². The molecule has 0 bridgehead atoms. The molecule has 3 heteroatoms. The Labute approximate surface area is 103 Å². The zero-order chi connectivity index (χ0) is 12.0. The van der Waals surface area contributed by atoms with E-state index in [9.17, 15) is 0 Å². The third-order valence-electron chi connectivity index (χ3n) is 2.76. The molecule has 1 rings (SSSR count). The first-order valence-corrected chi connectivity index (χ1v) is 6.78. The third-order valence-corrected chi connectivity index (χ3v) is 3.99. The molecule has 0 atom stereocenters. The van der Waals surface area contributed by atoms with Gasteiger partial charge in [-0.2, -0.15) is 0 Å². The quantitative estimate of drug-likeness (QED) is 0.769. The molecule has 0 saturated carbocycles. The van der Waals surface area contributed by atoms with Gasteiger partial charge >= 0.3 is 0 Å². The predicted molar refractivity (Wildman–Crippen MR) is 70.9 cm³/mol. The molecule has 0 radical (unpaired) electrons. The number of nitrogens with one attached hydrogen (secondary N) is 1. The fourth-order valence-corrected chi connectivity index (χ4v) is 2.55. The highest BCUT2D eigenvalue weighted by molar-refractivity contribution is 7.11. The monoisotopic (exact) mass is 241 g/mol. The first kappa shape index (κ1) is 13.7. The van der Waals surface area contributed by atoms with Crippen molar-refractivity contribution in [2.45, 2.75) is 40.2 Å². The zero-order valence-corrected chi connectivity index (χ0v) is 11.4.